The second-order valence-electron chi connectivity index (χ2n) is 5.90. The molecule has 3 rings (SSSR count). The number of nitro groups is 1. The summed E-state index contributed by atoms with van der Waals surface area (Å²) >= 11 is 1.39. The third-order valence-electron chi connectivity index (χ3n) is 4.02. The number of rotatable bonds is 9. The summed E-state index contributed by atoms with van der Waals surface area (Å²) in [5.41, 5.74) is 4.90. The Morgan fingerprint density at radius 1 is 1.23 bits per heavy atom. The number of hydrogen-bond acceptors (Lipinski definition) is 9. The summed E-state index contributed by atoms with van der Waals surface area (Å²) < 4.78 is 15.8. The van der Waals surface area contributed by atoms with Crippen molar-refractivity contribution in [3.8, 4) is 28.5 Å². The van der Waals surface area contributed by atoms with Crippen LogP contribution in [-0.4, -0.2) is 36.9 Å². The van der Waals surface area contributed by atoms with Gasteiger partial charge in [-0.05, 0) is 37.3 Å². The van der Waals surface area contributed by atoms with Crippen LogP contribution < -0.4 is 19.6 Å². The van der Waals surface area contributed by atoms with E-state index in [9.17, 15) is 10.1 Å². The minimum absolute atomic E-state index is 0.0796. The zero-order valence-electron chi connectivity index (χ0n) is 16.6. The third-order valence-corrected chi connectivity index (χ3v) is 4.77. The van der Waals surface area contributed by atoms with Gasteiger partial charge in [0, 0.05) is 22.6 Å². The number of nitro benzene ring substituents is 1. The van der Waals surface area contributed by atoms with Gasteiger partial charge in [0.15, 0.2) is 5.75 Å². The molecular weight excluding hydrogens is 408 g/mol. The van der Waals surface area contributed by atoms with Crippen LogP contribution in [-0.2, 0) is 0 Å². The number of aromatic nitrogens is 1. The van der Waals surface area contributed by atoms with E-state index < -0.39 is 4.92 Å². The van der Waals surface area contributed by atoms with E-state index in [4.69, 9.17) is 14.2 Å². The molecule has 10 heteroatoms. The van der Waals surface area contributed by atoms with Crippen molar-refractivity contribution < 1.29 is 19.1 Å². The first-order valence-corrected chi connectivity index (χ1v) is 9.82. The zero-order chi connectivity index (χ0) is 21.5. The van der Waals surface area contributed by atoms with E-state index >= 15 is 0 Å². The lowest BCUT2D eigenvalue weighted by Crippen LogP contribution is -2.01. The summed E-state index contributed by atoms with van der Waals surface area (Å²) in [6.45, 7) is 2.13. The fourth-order valence-corrected chi connectivity index (χ4v) is 3.34. The van der Waals surface area contributed by atoms with Gasteiger partial charge >= 0.3 is 5.69 Å². The van der Waals surface area contributed by atoms with Gasteiger partial charge in [-0.15, -0.1) is 11.3 Å². The summed E-state index contributed by atoms with van der Waals surface area (Å²) in [4.78, 5) is 15.3. The highest BCUT2D eigenvalue weighted by Crippen LogP contribution is 2.37. The standard InChI is InChI=1S/C20H20N4O5S/c1-4-29-18-10-13(9-17(24(25)26)19(18)28-3)11-21-23-20-22-16(12-30-20)14-5-7-15(27-2)8-6-14/h5-12H,4H2,1-3H3,(H,22,23)/b21-11-. The van der Waals surface area contributed by atoms with Gasteiger partial charge in [0.25, 0.3) is 0 Å². The normalized spacial score (nSPS) is 10.8. The maximum Gasteiger partial charge on any atom is 0.315 e. The van der Waals surface area contributed by atoms with Crippen molar-refractivity contribution in [3.63, 3.8) is 0 Å². The number of methoxy groups -OCH3 is 2. The van der Waals surface area contributed by atoms with Crippen LogP contribution in [0.25, 0.3) is 11.3 Å². The molecular formula is C20H20N4O5S. The number of hydrazone groups is 1. The van der Waals surface area contributed by atoms with E-state index in [1.54, 1.807) is 20.1 Å². The smallest absolute Gasteiger partial charge is 0.315 e. The van der Waals surface area contributed by atoms with Crippen molar-refractivity contribution in [1.82, 2.24) is 4.98 Å². The Morgan fingerprint density at radius 3 is 2.63 bits per heavy atom. The largest absolute Gasteiger partial charge is 0.497 e. The highest BCUT2D eigenvalue weighted by atomic mass is 32.1. The van der Waals surface area contributed by atoms with Gasteiger partial charge < -0.3 is 14.2 Å². The Bertz CT molecular complexity index is 1050. The Kier molecular flexibility index (Phi) is 6.81. The van der Waals surface area contributed by atoms with E-state index in [-0.39, 0.29) is 17.2 Å². The predicted octanol–water partition coefficient (Wildman–Crippen LogP) is 4.58. The number of thiazole rings is 1. The molecule has 0 saturated heterocycles. The van der Waals surface area contributed by atoms with Crippen LogP contribution in [0.3, 0.4) is 0 Å². The molecule has 0 unspecified atom stereocenters. The minimum atomic E-state index is -0.520. The molecule has 0 aliphatic carbocycles. The van der Waals surface area contributed by atoms with Gasteiger partial charge in [-0.3, -0.25) is 15.5 Å². The highest BCUT2D eigenvalue weighted by molar-refractivity contribution is 7.14. The van der Waals surface area contributed by atoms with Crippen LogP contribution in [0.15, 0.2) is 46.9 Å². The molecule has 0 radical (unpaired) electrons. The lowest BCUT2D eigenvalue weighted by Gasteiger charge is -2.10. The van der Waals surface area contributed by atoms with Crippen molar-refractivity contribution in [1.29, 1.82) is 0 Å². The fourth-order valence-electron chi connectivity index (χ4n) is 2.67. The highest BCUT2D eigenvalue weighted by Gasteiger charge is 2.21. The van der Waals surface area contributed by atoms with Crippen LogP contribution in [0.4, 0.5) is 10.8 Å². The molecule has 0 aliphatic heterocycles. The quantitative estimate of drug-likeness (QED) is 0.302. The van der Waals surface area contributed by atoms with Gasteiger partial charge in [-0.1, -0.05) is 0 Å². The monoisotopic (exact) mass is 428 g/mol. The van der Waals surface area contributed by atoms with Crippen LogP contribution in [0, 0.1) is 10.1 Å². The molecule has 3 aromatic rings. The first-order valence-electron chi connectivity index (χ1n) is 8.94. The fraction of sp³-hybridized carbons (Fsp3) is 0.200. The maximum absolute atomic E-state index is 11.4. The van der Waals surface area contributed by atoms with Crippen molar-refractivity contribution in [3.05, 3.63) is 57.5 Å². The van der Waals surface area contributed by atoms with E-state index in [0.717, 1.165) is 17.0 Å². The Balaban J connectivity index is 1.76. The zero-order valence-corrected chi connectivity index (χ0v) is 17.4. The van der Waals surface area contributed by atoms with Gasteiger partial charge in [0.1, 0.15) is 5.75 Å². The lowest BCUT2D eigenvalue weighted by molar-refractivity contribution is -0.385. The summed E-state index contributed by atoms with van der Waals surface area (Å²) in [5, 5.41) is 18.0. The van der Waals surface area contributed by atoms with E-state index in [0.29, 0.717) is 17.3 Å². The molecule has 2 aromatic carbocycles. The number of nitrogens with one attached hydrogen (secondary N) is 1. The summed E-state index contributed by atoms with van der Waals surface area (Å²) in [7, 11) is 2.98. The number of nitrogens with zero attached hydrogens (tertiary/aromatic N) is 3. The summed E-state index contributed by atoms with van der Waals surface area (Å²) in [6, 6.07) is 10.6. The second-order valence-corrected chi connectivity index (χ2v) is 6.76. The summed E-state index contributed by atoms with van der Waals surface area (Å²) in [6.07, 6.45) is 1.46. The number of anilines is 1. The van der Waals surface area contributed by atoms with Crippen LogP contribution in [0.1, 0.15) is 12.5 Å². The van der Waals surface area contributed by atoms with Crippen LogP contribution >= 0.6 is 11.3 Å². The molecule has 156 valence electrons. The van der Waals surface area contributed by atoms with Gasteiger partial charge in [-0.2, -0.15) is 5.10 Å². The van der Waals surface area contributed by atoms with Crippen molar-refractivity contribution in [2.45, 2.75) is 6.92 Å². The van der Waals surface area contributed by atoms with E-state index in [1.807, 2.05) is 29.6 Å². The molecule has 0 amide bonds. The molecule has 1 aromatic heterocycles. The van der Waals surface area contributed by atoms with Gasteiger partial charge in [-0.25, -0.2) is 4.98 Å². The first-order chi connectivity index (χ1) is 14.5. The molecule has 1 N–H and O–H groups in total. The molecule has 30 heavy (non-hydrogen) atoms. The average molecular weight is 428 g/mol. The Morgan fingerprint density at radius 2 is 2.00 bits per heavy atom. The number of hydrogen-bond donors (Lipinski definition) is 1. The molecule has 0 aliphatic rings. The van der Waals surface area contributed by atoms with E-state index in [2.05, 4.69) is 15.5 Å². The molecule has 0 bridgehead atoms. The van der Waals surface area contributed by atoms with Crippen molar-refractivity contribution in [2.24, 2.45) is 5.10 Å². The third kappa shape index (κ3) is 4.84. The second kappa shape index (κ2) is 9.70. The molecule has 9 nitrogen and oxygen atoms in total. The number of benzene rings is 2. The lowest BCUT2D eigenvalue weighted by atomic mass is 10.2. The average Bonchev–Trinajstić information content (AvgIpc) is 3.22. The first kappa shape index (κ1) is 21.1. The Hall–Kier alpha value is -3.66. The van der Waals surface area contributed by atoms with Gasteiger partial charge in [0.2, 0.25) is 10.9 Å². The van der Waals surface area contributed by atoms with Crippen molar-refractivity contribution in [2.75, 3.05) is 26.3 Å². The van der Waals surface area contributed by atoms with Crippen LogP contribution in [0.2, 0.25) is 0 Å². The molecule has 0 spiro atoms. The van der Waals surface area contributed by atoms with Crippen molar-refractivity contribution >= 4 is 28.4 Å². The molecule has 1 heterocycles. The van der Waals surface area contributed by atoms with E-state index in [1.165, 1.54) is 30.7 Å². The topological polar surface area (TPSA) is 108 Å². The molecule has 0 atom stereocenters. The van der Waals surface area contributed by atoms with Gasteiger partial charge in [0.05, 0.1) is 37.7 Å². The number of ether oxygens (including phenoxy) is 3. The SMILES string of the molecule is CCOc1cc(/C=N\Nc2nc(-c3ccc(OC)cc3)cs2)cc([N+](=O)[O-])c1OC. The molecule has 0 saturated carbocycles. The summed E-state index contributed by atoms with van der Waals surface area (Å²) in [5.74, 6) is 1.14. The molecule has 0 fully saturated rings. The predicted molar refractivity (Wildman–Crippen MR) is 116 cm³/mol. The maximum atomic E-state index is 11.4. The van der Waals surface area contributed by atoms with Crippen LogP contribution in [0.5, 0.6) is 17.2 Å². The minimum Gasteiger partial charge on any atom is -0.497 e. The Labute approximate surface area is 177 Å².